The van der Waals surface area contributed by atoms with Crippen molar-refractivity contribution in [3.63, 3.8) is 0 Å². The highest BCUT2D eigenvalue weighted by Gasteiger charge is 2.22. The van der Waals surface area contributed by atoms with Crippen molar-refractivity contribution in [3.8, 4) is 11.5 Å². The minimum Gasteiger partial charge on any atom is -0.497 e. The molecule has 36 heavy (non-hydrogen) atoms. The normalized spacial score (nSPS) is 14.1. The Kier molecular flexibility index (Phi) is 6.89. The number of hydrogen-bond acceptors (Lipinski definition) is 4. The zero-order chi connectivity index (χ0) is 24.9. The Bertz CT molecular complexity index is 1350. The van der Waals surface area contributed by atoms with Crippen molar-refractivity contribution in [2.75, 3.05) is 31.7 Å². The molecule has 1 fully saturated rings. The predicted octanol–water partition coefficient (Wildman–Crippen LogP) is 4.63. The molecule has 2 N–H and O–H groups in total. The molecule has 2 heterocycles. The quantitative estimate of drug-likeness (QED) is 0.364. The molecule has 0 aliphatic carbocycles. The minimum absolute atomic E-state index is 0.0479. The summed E-state index contributed by atoms with van der Waals surface area (Å²) >= 11 is 0. The standard InChI is InChI=1S/C29H29N3O4/c1-35-22-12-8-20(9-13-22)25(26-18-30-27-6-3-2-5-24(26)27)17-31-28(33)19-36-23-14-10-21(11-15-23)32-16-4-7-29(32)34/h2-3,5-6,8-15,18,25,30H,4,7,16-17,19H2,1H3,(H,31,33). The van der Waals surface area contributed by atoms with Gasteiger partial charge in [0.15, 0.2) is 6.61 Å². The summed E-state index contributed by atoms with van der Waals surface area (Å²) in [7, 11) is 1.64. The van der Waals surface area contributed by atoms with Crippen molar-refractivity contribution >= 4 is 28.4 Å². The second-order valence-corrected chi connectivity index (χ2v) is 8.85. The van der Waals surface area contributed by atoms with Crippen LogP contribution in [0.15, 0.2) is 79.0 Å². The summed E-state index contributed by atoms with van der Waals surface area (Å²) in [6, 6.07) is 23.4. The van der Waals surface area contributed by atoms with Crippen molar-refractivity contribution in [1.82, 2.24) is 10.3 Å². The van der Waals surface area contributed by atoms with Crippen molar-refractivity contribution in [2.24, 2.45) is 0 Å². The number of hydrogen-bond donors (Lipinski definition) is 2. The summed E-state index contributed by atoms with van der Waals surface area (Å²) in [5.74, 6) is 1.27. The van der Waals surface area contributed by atoms with Gasteiger partial charge in [-0.15, -0.1) is 0 Å². The molecule has 1 aliphatic rings. The molecule has 1 aromatic heterocycles. The first kappa shape index (κ1) is 23.5. The van der Waals surface area contributed by atoms with Gasteiger partial charge in [0.05, 0.1) is 7.11 Å². The van der Waals surface area contributed by atoms with E-state index in [2.05, 4.69) is 16.4 Å². The van der Waals surface area contributed by atoms with Crippen LogP contribution in [0.25, 0.3) is 10.9 Å². The Balaban J connectivity index is 1.24. The van der Waals surface area contributed by atoms with Crippen LogP contribution in [0.3, 0.4) is 0 Å². The number of rotatable bonds is 9. The molecule has 2 amide bonds. The average molecular weight is 484 g/mol. The van der Waals surface area contributed by atoms with Gasteiger partial charge in [-0.3, -0.25) is 9.59 Å². The van der Waals surface area contributed by atoms with Gasteiger partial charge in [0.2, 0.25) is 5.91 Å². The van der Waals surface area contributed by atoms with E-state index < -0.39 is 0 Å². The third-order valence-electron chi connectivity index (χ3n) is 6.61. The maximum Gasteiger partial charge on any atom is 0.257 e. The number of anilines is 1. The summed E-state index contributed by atoms with van der Waals surface area (Å²) in [6.45, 7) is 1.07. The number of aromatic nitrogens is 1. The van der Waals surface area contributed by atoms with Crippen LogP contribution in [0.2, 0.25) is 0 Å². The molecule has 1 aliphatic heterocycles. The molecule has 1 unspecified atom stereocenters. The highest BCUT2D eigenvalue weighted by atomic mass is 16.5. The highest BCUT2D eigenvalue weighted by molar-refractivity contribution is 5.95. The van der Waals surface area contributed by atoms with Crippen LogP contribution in [0, 0.1) is 0 Å². The van der Waals surface area contributed by atoms with Crippen LogP contribution >= 0.6 is 0 Å². The van der Waals surface area contributed by atoms with Crippen molar-refractivity contribution in [2.45, 2.75) is 18.8 Å². The molecular formula is C29H29N3O4. The van der Waals surface area contributed by atoms with Crippen LogP contribution in [0.1, 0.15) is 29.9 Å². The Hall–Kier alpha value is -4.26. The summed E-state index contributed by atoms with van der Waals surface area (Å²) in [4.78, 5) is 29.7. The number of nitrogens with zero attached hydrogens (tertiary/aromatic N) is 1. The number of benzene rings is 3. The van der Waals surface area contributed by atoms with Crippen LogP contribution in [0.4, 0.5) is 5.69 Å². The number of carbonyl (C=O) groups excluding carboxylic acids is 2. The lowest BCUT2D eigenvalue weighted by molar-refractivity contribution is -0.123. The van der Waals surface area contributed by atoms with Gasteiger partial charge in [-0.05, 0) is 60.0 Å². The van der Waals surface area contributed by atoms with E-state index in [1.54, 1.807) is 24.1 Å². The summed E-state index contributed by atoms with van der Waals surface area (Å²) in [5.41, 5.74) is 4.10. The summed E-state index contributed by atoms with van der Waals surface area (Å²) in [5, 5.41) is 4.16. The number of amides is 2. The minimum atomic E-state index is -0.202. The molecule has 184 valence electrons. The fourth-order valence-electron chi connectivity index (χ4n) is 4.69. The lowest BCUT2D eigenvalue weighted by atomic mass is 9.91. The summed E-state index contributed by atoms with van der Waals surface area (Å²) < 4.78 is 11.0. The SMILES string of the molecule is COc1ccc(C(CNC(=O)COc2ccc(N3CCCC3=O)cc2)c2c[nH]c3ccccc23)cc1. The van der Waals surface area contributed by atoms with E-state index >= 15 is 0 Å². The van der Waals surface area contributed by atoms with E-state index in [4.69, 9.17) is 9.47 Å². The second-order valence-electron chi connectivity index (χ2n) is 8.85. The number of ether oxygens (including phenoxy) is 2. The van der Waals surface area contributed by atoms with Crippen LogP contribution in [-0.4, -0.2) is 43.6 Å². The molecule has 0 radical (unpaired) electrons. The van der Waals surface area contributed by atoms with Gasteiger partial charge in [0.25, 0.3) is 5.91 Å². The molecule has 4 aromatic rings. The zero-order valence-corrected chi connectivity index (χ0v) is 20.2. The third-order valence-corrected chi connectivity index (χ3v) is 6.61. The lowest BCUT2D eigenvalue weighted by Gasteiger charge is -2.19. The molecule has 1 atom stereocenters. The maximum atomic E-state index is 12.7. The van der Waals surface area contributed by atoms with Gasteiger partial charge in [0, 0.05) is 48.2 Å². The van der Waals surface area contributed by atoms with Crippen LogP contribution in [-0.2, 0) is 9.59 Å². The number of H-pyrrole nitrogens is 1. The van der Waals surface area contributed by atoms with E-state index in [-0.39, 0.29) is 24.3 Å². The van der Waals surface area contributed by atoms with E-state index in [0.717, 1.165) is 46.4 Å². The fourth-order valence-corrected chi connectivity index (χ4v) is 4.69. The van der Waals surface area contributed by atoms with Gasteiger partial charge >= 0.3 is 0 Å². The Labute approximate surface area is 210 Å². The summed E-state index contributed by atoms with van der Waals surface area (Å²) in [6.07, 6.45) is 3.48. The van der Waals surface area contributed by atoms with Gasteiger partial charge in [-0.1, -0.05) is 30.3 Å². The van der Waals surface area contributed by atoms with Gasteiger partial charge < -0.3 is 24.7 Å². The monoisotopic (exact) mass is 483 g/mol. The zero-order valence-electron chi connectivity index (χ0n) is 20.2. The molecular weight excluding hydrogens is 454 g/mol. The molecule has 7 heteroatoms. The van der Waals surface area contributed by atoms with Gasteiger partial charge in [-0.25, -0.2) is 0 Å². The Morgan fingerprint density at radius 2 is 1.78 bits per heavy atom. The first-order chi connectivity index (χ1) is 17.6. The van der Waals surface area contributed by atoms with Crippen LogP contribution in [0.5, 0.6) is 11.5 Å². The Morgan fingerprint density at radius 3 is 2.50 bits per heavy atom. The number of aromatic amines is 1. The molecule has 0 bridgehead atoms. The fraction of sp³-hybridized carbons (Fsp3) is 0.241. The molecule has 7 nitrogen and oxygen atoms in total. The number of para-hydroxylation sites is 1. The maximum absolute atomic E-state index is 12.7. The number of carbonyl (C=O) groups is 2. The highest BCUT2D eigenvalue weighted by Crippen LogP contribution is 2.31. The third kappa shape index (κ3) is 5.05. The second kappa shape index (κ2) is 10.6. The van der Waals surface area contributed by atoms with E-state index in [9.17, 15) is 9.59 Å². The van der Waals surface area contributed by atoms with E-state index in [0.29, 0.717) is 18.7 Å². The molecule has 5 rings (SSSR count). The largest absolute Gasteiger partial charge is 0.497 e. The first-order valence-corrected chi connectivity index (χ1v) is 12.1. The molecule has 3 aromatic carbocycles. The number of fused-ring (bicyclic) bond motifs is 1. The van der Waals surface area contributed by atoms with Crippen molar-refractivity contribution in [1.29, 1.82) is 0 Å². The molecule has 1 saturated heterocycles. The number of methoxy groups -OCH3 is 1. The topological polar surface area (TPSA) is 83.7 Å². The smallest absolute Gasteiger partial charge is 0.257 e. The molecule has 0 saturated carbocycles. The van der Waals surface area contributed by atoms with Crippen molar-refractivity contribution in [3.05, 3.63) is 90.1 Å². The number of nitrogens with one attached hydrogen (secondary N) is 2. The lowest BCUT2D eigenvalue weighted by Crippen LogP contribution is -2.32. The predicted molar refractivity (Wildman–Crippen MR) is 140 cm³/mol. The Morgan fingerprint density at radius 1 is 1.03 bits per heavy atom. The first-order valence-electron chi connectivity index (χ1n) is 12.1. The van der Waals surface area contributed by atoms with Gasteiger partial charge in [-0.2, -0.15) is 0 Å². The molecule has 0 spiro atoms. The van der Waals surface area contributed by atoms with E-state index in [1.165, 1.54) is 0 Å². The average Bonchev–Trinajstić information content (AvgIpc) is 3.55. The van der Waals surface area contributed by atoms with Gasteiger partial charge in [0.1, 0.15) is 11.5 Å². The van der Waals surface area contributed by atoms with E-state index in [1.807, 2.05) is 60.8 Å². The van der Waals surface area contributed by atoms with Crippen LogP contribution < -0.4 is 19.7 Å². The van der Waals surface area contributed by atoms with Crippen molar-refractivity contribution < 1.29 is 19.1 Å².